The van der Waals surface area contributed by atoms with Gasteiger partial charge in [0.25, 0.3) is 0 Å². The van der Waals surface area contributed by atoms with Crippen molar-refractivity contribution in [2.24, 2.45) is 0 Å². The van der Waals surface area contributed by atoms with Gasteiger partial charge in [-0.15, -0.1) is 0 Å². The third kappa shape index (κ3) is 4.09. The third-order valence-electron chi connectivity index (χ3n) is 5.25. The van der Waals surface area contributed by atoms with Crippen LogP contribution in [0.1, 0.15) is 30.2 Å². The van der Waals surface area contributed by atoms with Crippen LogP contribution in [0.4, 0.5) is 0 Å². The Balaban J connectivity index is 1.70. The van der Waals surface area contributed by atoms with Crippen LogP contribution in [0.3, 0.4) is 0 Å². The molecule has 3 aromatic rings. The number of rotatable bonds is 6. The van der Waals surface area contributed by atoms with E-state index >= 15 is 0 Å². The lowest BCUT2D eigenvalue weighted by Crippen LogP contribution is -2.39. The molecule has 148 valence electrons. The molecule has 2 heterocycles. The molecular formula is C22H25ClN2O3. The van der Waals surface area contributed by atoms with E-state index in [0.29, 0.717) is 19.4 Å². The number of benzene rings is 2. The summed E-state index contributed by atoms with van der Waals surface area (Å²) in [6.07, 6.45) is 3.25. The highest BCUT2D eigenvalue weighted by Crippen LogP contribution is 2.36. The minimum atomic E-state index is -0.420. The van der Waals surface area contributed by atoms with E-state index in [4.69, 9.17) is 21.2 Å². The standard InChI is InChI=1S/C22H25ClN2O3/c1-27-24-13-18-11-17(26)12-21(28-18)25-14-16(10-15-6-3-2-4-7-15)22-19(23)8-5-9-20(22)25/h2-9,14,17-18,21,24,26H,10-13H2,1H3. The highest BCUT2D eigenvalue weighted by molar-refractivity contribution is 6.35. The highest BCUT2D eigenvalue weighted by atomic mass is 35.5. The molecule has 4 rings (SSSR count). The van der Waals surface area contributed by atoms with Crippen molar-refractivity contribution in [1.29, 1.82) is 0 Å². The van der Waals surface area contributed by atoms with Gasteiger partial charge in [0.05, 0.1) is 29.9 Å². The average Bonchev–Trinajstić information content (AvgIpc) is 3.06. The molecule has 2 aromatic carbocycles. The Morgan fingerprint density at radius 3 is 2.79 bits per heavy atom. The molecule has 1 saturated heterocycles. The molecule has 0 spiro atoms. The van der Waals surface area contributed by atoms with Crippen molar-refractivity contribution in [1.82, 2.24) is 10.0 Å². The topological polar surface area (TPSA) is 55.6 Å². The van der Waals surface area contributed by atoms with Gasteiger partial charge in [-0.1, -0.05) is 48.0 Å². The Labute approximate surface area is 169 Å². The fraction of sp³-hybridized carbons (Fsp3) is 0.364. The zero-order chi connectivity index (χ0) is 19.5. The fourth-order valence-corrected chi connectivity index (χ4v) is 4.28. The Bertz CT molecular complexity index is 928. The Morgan fingerprint density at radius 1 is 1.18 bits per heavy atom. The maximum Gasteiger partial charge on any atom is 0.136 e. The van der Waals surface area contributed by atoms with Crippen molar-refractivity contribution < 1.29 is 14.7 Å². The van der Waals surface area contributed by atoms with Gasteiger partial charge in [-0.2, -0.15) is 0 Å². The van der Waals surface area contributed by atoms with E-state index in [2.05, 4.69) is 34.4 Å². The van der Waals surface area contributed by atoms with Crippen LogP contribution >= 0.6 is 11.6 Å². The Kier molecular flexibility index (Phi) is 5.99. The predicted molar refractivity (Wildman–Crippen MR) is 110 cm³/mol. The van der Waals surface area contributed by atoms with Crippen molar-refractivity contribution in [3.05, 3.63) is 70.9 Å². The number of ether oxygens (including phenoxy) is 1. The molecule has 5 nitrogen and oxygen atoms in total. The number of fused-ring (bicyclic) bond motifs is 1. The third-order valence-corrected chi connectivity index (χ3v) is 5.56. The van der Waals surface area contributed by atoms with Crippen LogP contribution < -0.4 is 5.48 Å². The van der Waals surface area contributed by atoms with Crippen molar-refractivity contribution in [2.75, 3.05) is 13.7 Å². The first-order valence-corrected chi connectivity index (χ1v) is 9.94. The van der Waals surface area contributed by atoms with E-state index < -0.39 is 6.10 Å². The number of hydrogen-bond donors (Lipinski definition) is 2. The summed E-state index contributed by atoms with van der Waals surface area (Å²) in [6, 6.07) is 16.3. The van der Waals surface area contributed by atoms with Crippen LogP contribution in [-0.2, 0) is 16.0 Å². The lowest BCUT2D eigenvalue weighted by Gasteiger charge is -2.34. The molecule has 0 amide bonds. The van der Waals surface area contributed by atoms with Gasteiger partial charge in [0.2, 0.25) is 0 Å². The molecule has 6 heteroatoms. The second-order valence-electron chi connectivity index (χ2n) is 7.25. The van der Waals surface area contributed by atoms with Gasteiger partial charge in [0.1, 0.15) is 6.23 Å². The van der Waals surface area contributed by atoms with Crippen LogP contribution in [0.2, 0.25) is 5.02 Å². The molecule has 0 saturated carbocycles. The molecule has 3 atom stereocenters. The second kappa shape index (κ2) is 8.64. The summed E-state index contributed by atoms with van der Waals surface area (Å²) in [4.78, 5) is 4.94. The molecule has 1 aliphatic heterocycles. The summed E-state index contributed by atoms with van der Waals surface area (Å²) in [6.45, 7) is 0.529. The Hall–Kier alpha value is -1.89. The number of nitrogens with one attached hydrogen (secondary N) is 1. The fourth-order valence-electron chi connectivity index (χ4n) is 3.99. The SMILES string of the molecule is CONCC1CC(O)CC(n2cc(Cc3ccccc3)c3c(Cl)cccc32)O1. The van der Waals surface area contributed by atoms with E-state index in [9.17, 15) is 5.11 Å². The van der Waals surface area contributed by atoms with E-state index in [-0.39, 0.29) is 12.3 Å². The van der Waals surface area contributed by atoms with E-state index in [1.54, 1.807) is 7.11 Å². The van der Waals surface area contributed by atoms with Crippen LogP contribution in [0, 0.1) is 0 Å². The van der Waals surface area contributed by atoms with Gasteiger partial charge in [-0.3, -0.25) is 0 Å². The zero-order valence-corrected chi connectivity index (χ0v) is 16.6. The summed E-state index contributed by atoms with van der Waals surface area (Å²) in [5.41, 5.74) is 6.24. The van der Waals surface area contributed by atoms with Crippen molar-refractivity contribution in [2.45, 2.75) is 37.7 Å². The smallest absolute Gasteiger partial charge is 0.136 e. The zero-order valence-electron chi connectivity index (χ0n) is 15.8. The Morgan fingerprint density at radius 2 is 2.00 bits per heavy atom. The first-order valence-electron chi connectivity index (χ1n) is 9.57. The van der Waals surface area contributed by atoms with Gasteiger partial charge in [-0.05, 0) is 29.7 Å². The molecule has 0 radical (unpaired) electrons. The summed E-state index contributed by atoms with van der Waals surface area (Å²) >= 11 is 6.58. The minimum Gasteiger partial charge on any atom is -0.393 e. The molecular weight excluding hydrogens is 376 g/mol. The van der Waals surface area contributed by atoms with E-state index in [0.717, 1.165) is 27.9 Å². The van der Waals surface area contributed by atoms with Crippen molar-refractivity contribution in [3.63, 3.8) is 0 Å². The monoisotopic (exact) mass is 400 g/mol. The first-order chi connectivity index (χ1) is 13.7. The van der Waals surface area contributed by atoms with Gasteiger partial charge in [0, 0.05) is 31.0 Å². The van der Waals surface area contributed by atoms with E-state index in [1.165, 1.54) is 5.56 Å². The highest BCUT2D eigenvalue weighted by Gasteiger charge is 2.30. The summed E-state index contributed by atoms with van der Waals surface area (Å²) in [5.74, 6) is 0. The largest absolute Gasteiger partial charge is 0.393 e. The summed E-state index contributed by atoms with van der Waals surface area (Å²) < 4.78 is 8.39. The maximum absolute atomic E-state index is 10.4. The number of aliphatic hydroxyl groups excluding tert-OH is 1. The molecule has 0 aliphatic carbocycles. The normalized spacial score (nSPS) is 22.6. The van der Waals surface area contributed by atoms with E-state index in [1.807, 2.05) is 30.3 Å². The summed E-state index contributed by atoms with van der Waals surface area (Å²) in [7, 11) is 1.58. The van der Waals surface area contributed by atoms with Crippen LogP contribution in [0.5, 0.6) is 0 Å². The number of hydrogen-bond acceptors (Lipinski definition) is 4. The number of hydroxylamine groups is 1. The number of nitrogens with zero attached hydrogens (tertiary/aromatic N) is 1. The number of aromatic nitrogens is 1. The molecule has 1 aliphatic rings. The molecule has 0 bridgehead atoms. The molecule has 1 fully saturated rings. The van der Waals surface area contributed by atoms with Crippen molar-refractivity contribution >= 4 is 22.5 Å². The van der Waals surface area contributed by atoms with Gasteiger partial charge in [0.15, 0.2) is 0 Å². The second-order valence-corrected chi connectivity index (χ2v) is 7.66. The van der Waals surface area contributed by atoms with Crippen LogP contribution in [0.15, 0.2) is 54.7 Å². The van der Waals surface area contributed by atoms with Crippen LogP contribution in [-0.4, -0.2) is 35.5 Å². The van der Waals surface area contributed by atoms with Crippen molar-refractivity contribution in [3.8, 4) is 0 Å². The number of aliphatic hydroxyl groups is 1. The molecule has 2 N–H and O–H groups in total. The quantitative estimate of drug-likeness (QED) is 0.612. The van der Waals surface area contributed by atoms with Gasteiger partial charge < -0.3 is 19.2 Å². The minimum absolute atomic E-state index is 0.122. The summed E-state index contributed by atoms with van der Waals surface area (Å²) in [5, 5.41) is 12.2. The first kappa shape index (κ1) is 19.4. The lowest BCUT2D eigenvalue weighted by atomic mass is 10.0. The molecule has 3 unspecified atom stereocenters. The van der Waals surface area contributed by atoms with Crippen LogP contribution in [0.25, 0.3) is 10.9 Å². The number of halogens is 1. The molecule has 1 aromatic heterocycles. The molecule has 28 heavy (non-hydrogen) atoms. The average molecular weight is 401 g/mol. The van der Waals surface area contributed by atoms with Gasteiger partial charge >= 0.3 is 0 Å². The van der Waals surface area contributed by atoms with Gasteiger partial charge in [-0.25, -0.2) is 5.48 Å². The maximum atomic E-state index is 10.4. The lowest BCUT2D eigenvalue weighted by molar-refractivity contribution is -0.134. The predicted octanol–water partition coefficient (Wildman–Crippen LogP) is 4.08.